The van der Waals surface area contributed by atoms with Gasteiger partial charge < -0.3 is 4.74 Å². The molecule has 0 heterocycles. The quantitative estimate of drug-likeness (QED) is 0.651. The van der Waals surface area contributed by atoms with Crippen molar-refractivity contribution >= 4 is 15.9 Å². The van der Waals surface area contributed by atoms with E-state index in [0.29, 0.717) is 6.42 Å². The number of alkyl halides is 2. The van der Waals surface area contributed by atoms with Crippen molar-refractivity contribution in [2.24, 2.45) is 0 Å². The summed E-state index contributed by atoms with van der Waals surface area (Å²) in [6, 6.07) is 0. The van der Waals surface area contributed by atoms with Crippen molar-refractivity contribution in [2.75, 3.05) is 0 Å². The van der Waals surface area contributed by atoms with Gasteiger partial charge in [0.05, 0.1) is 6.10 Å². The average molecular weight is 213 g/mol. The van der Waals surface area contributed by atoms with Gasteiger partial charge in [0, 0.05) is 6.42 Å². The van der Waals surface area contributed by atoms with E-state index in [0.717, 1.165) is 6.42 Å². The fourth-order valence-corrected chi connectivity index (χ4v) is 1.47. The molecule has 62 valence electrons. The maximum absolute atomic E-state index is 13.0. The third-order valence-corrected chi connectivity index (χ3v) is 1.53. The van der Waals surface area contributed by atoms with E-state index in [1.165, 1.54) is 0 Å². The molecule has 10 heavy (non-hydrogen) atoms. The zero-order chi connectivity index (χ0) is 8.20. The molecule has 0 aliphatic heterocycles. The third-order valence-electron chi connectivity index (χ3n) is 0.949. The Morgan fingerprint density at radius 3 is 2.40 bits per heavy atom. The first kappa shape index (κ1) is 10.4. The summed E-state index contributed by atoms with van der Waals surface area (Å²) in [5.74, 6) is 0. The molecule has 0 N–H and O–H groups in total. The van der Waals surface area contributed by atoms with Crippen LogP contribution in [-0.4, -0.2) is 10.9 Å². The molecule has 0 rings (SSSR count). The van der Waals surface area contributed by atoms with Gasteiger partial charge >= 0.3 is 0 Å². The molecule has 1 unspecified atom stereocenters. The topological polar surface area (TPSA) is 9.23 Å². The van der Waals surface area contributed by atoms with Crippen molar-refractivity contribution in [3.63, 3.8) is 0 Å². The van der Waals surface area contributed by atoms with Crippen LogP contribution in [0.3, 0.4) is 0 Å². The predicted octanol–water partition coefficient (Wildman–Crippen LogP) is 3.23. The van der Waals surface area contributed by atoms with Crippen LogP contribution < -0.4 is 0 Å². The van der Waals surface area contributed by atoms with Gasteiger partial charge in [-0.25, -0.2) is 0 Å². The Hall–Kier alpha value is 0.370. The summed E-state index contributed by atoms with van der Waals surface area (Å²) in [5, 5.41) is 0. The predicted molar refractivity (Wildman–Crippen MR) is 43.9 cm³/mol. The Morgan fingerprint density at radius 1 is 1.60 bits per heavy atom. The molecule has 0 fully saturated rings. The number of ether oxygens (including phenoxy) is 1. The highest BCUT2D eigenvalue weighted by Crippen LogP contribution is 2.28. The monoisotopic (exact) mass is 212 g/mol. The van der Waals surface area contributed by atoms with Gasteiger partial charge in [-0.1, -0.05) is 6.92 Å². The van der Waals surface area contributed by atoms with Crippen LogP contribution in [0.15, 0.2) is 0 Å². The van der Waals surface area contributed by atoms with Crippen LogP contribution in [-0.2, 0) is 4.74 Å². The average Bonchev–Trinajstić information content (AvgIpc) is 1.59. The standard InChI is InChI=1S/C7H14BrFO/c1-4-5-7(8,9)10-6(2)3/h6H,4-5H2,1-3H3. The SMILES string of the molecule is CCCC(F)(Br)OC(C)C. The van der Waals surface area contributed by atoms with Crippen molar-refractivity contribution in [1.82, 2.24) is 0 Å². The normalized spacial score (nSPS) is 17.4. The molecule has 0 aromatic carbocycles. The minimum absolute atomic E-state index is 0.0732. The first-order chi connectivity index (χ1) is 4.48. The van der Waals surface area contributed by atoms with E-state index in [9.17, 15) is 4.39 Å². The molecule has 1 nitrogen and oxygen atoms in total. The highest BCUT2D eigenvalue weighted by molar-refractivity contribution is 9.10. The first-order valence-electron chi connectivity index (χ1n) is 3.53. The van der Waals surface area contributed by atoms with Crippen molar-refractivity contribution in [2.45, 2.75) is 44.5 Å². The van der Waals surface area contributed by atoms with Gasteiger partial charge in [0.1, 0.15) is 0 Å². The minimum atomic E-state index is -1.62. The largest absolute Gasteiger partial charge is 0.335 e. The summed E-state index contributed by atoms with van der Waals surface area (Å²) in [7, 11) is 0. The van der Waals surface area contributed by atoms with Gasteiger partial charge in [0.15, 0.2) is 0 Å². The van der Waals surface area contributed by atoms with Crippen LogP contribution in [0.25, 0.3) is 0 Å². The van der Waals surface area contributed by atoms with Crippen LogP contribution in [0.2, 0.25) is 0 Å². The number of halogens is 2. The Morgan fingerprint density at radius 2 is 2.10 bits per heavy atom. The molecule has 0 aliphatic carbocycles. The summed E-state index contributed by atoms with van der Waals surface area (Å²) < 4.78 is 16.3. The van der Waals surface area contributed by atoms with E-state index in [4.69, 9.17) is 4.74 Å². The molecule has 1 atom stereocenters. The third kappa shape index (κ3) is 5.18. The molecule has 0 saturated heterocycles. The van der Waals surface area contributed by atoms with Gasteiger partial charge in [-0.05, 0) is 36.2 Å². The van der Waals surface area contributed by atoms with Gasteiger partial charge in [-0.2, -0.15) is 4.39 Å². The van der Waals surface area contributed by atoms with E-state index >= 15 is 0 Å². The lowest BCUT2D eigenvalue weighted by Gasteiger charge is -2.20. The molecule has 0 amide bonds. The van der Waals surface area contributed by atoms with Crippen LogP contribution in [0.5, 0.6) is 0 Å². The van der Waals surface area contributed by atoms with Crippen LogP contribution >= 0.6 is 15.9 Å². The number of hydrogen-bond donors (Lipinski definition) is 0. The smallest absolute Gasteiger partial charge is 0.265 e. The number of rotatable bonds is 4. The van der Waals surface area contributed by atoms with E-state index in [1.54, 1.807) is 0 Å². The molecule has 0 radical (unpaired) electrons. The fourth-order valence-electron chi connectivity index (χ4n) is 0.695. The molecule has 0 aromatic rings. The molecule has 0 aliphatic rings. The Balaban J connectivity index is 3.63. The second kappa shape index (κ2) is 4.29. The summed E-state index contributed by atoms with van der Waals surface area (Å²) in [4.78, 5) is 0. The second-order valence-electron chi connectivity index (χ2n) is 2.55. The van der Waals surface area contributed by atoms with Gasteiger partial charge in [-0.3, -0.25) is 0 Å². The van der Waals surface area contributed by atoms with Gasteiger partial charge in [0.2, 0.25) is 0 Å². The van der Waals surface area contributed by atoms with E-state index < -0.39 is 4.76 Å². The number of hydrogen-bond acceptors (Lipinski definition) is 1. The molecule has 0 aromatic heterocycles. The van der Waals surface area contributed by atoms with Crippen LogP contribution in [0.4, 0.5) is 4.39 Å². The van der Waals surface area contributed by atoms with Crippen LogP contribution in [0.1, 0.15) is 33.6 Å². The van der Waals surface area contributed by atoms with Crippen molar-refractivity contribution < 1.29 is 9.13 Å². The minimum Gasteiger partial charge on any atom is -0.335 e. The lowest BCUT2D eigenvalue weighted by Crippen LogP contribution is -2.22. The lowest BCUT2D eigenvalue weighted by atomic mass is 10.3. The van der Waals surface area contributed by atoms with Crippen molar-refractivity contribution in [3.8, 4) is 0 Å². The summed E-state index contributed by atoms with van der Waals surface area (Å²) in [6.07, 6.45) is 1.09. The van der Waals surface area contributed by atoms with Gasteiger partial charge in [0.25, 0.3) is 4.76 Å². The zero-order valence-corrected chi connectivity index (χ0v) is 8.24. The summed E-state index contributed by atoms with van der Waals surface area (Å²) in [5.41, 5.74) is 0. The molecular formula is C7H14BrFO. The fraction of sp³-hybridized carbons (Fsp3) is 1.00. The van der Waals surface area contributed by atoms with Gasteiger partial charge in [-0.15, -0.1) is 0 Å². The first-order valence-corrected chi connectivity index (χ1v) is 4.33. The van der Waals surface area contributed by atoms with Crippen molar-refractivity contribution in [1.29, 1.82) is 0 Å². The molecular weight excluding hydrogens is 199 g/mol. The molecule has 0 saturated carbocycles. The van der Waals surface area contributed by atoms with E-state index in [-0.39, 0.29) is 6.10 Å². The maximum atomic E-state index is 13.0. The molecule has 3 heteroatoms. The summed E-state index contributed by atoms with van der Waals surface area (Å²) in [6.45, 7) is 5.54. The molecule has 0 bridgehead atoms. The Labute approximate surface area is 70.1 Å². The van der Waals surface area contributed by atoms with Crippen LogP contribution in [0, 0.1) is 0 Å². The Kier molecular flexibility index (Phi) is 4.45. The zero-order valence-electron chi connectivity index (χ0n) is 6.66. The van der Waals surface area contributed by atoms with E-state index in [2.05, 4.69) is 15.9 Å². The Bertz CT molecular complexity index is 93.6. The second-order valence-corrected chi connectivity index (χ2v) is 3.74. The van der Waals surface area contributed by atoms with Crippen molar-refractivity contribution in [3.05, 3.63) is 0 Å². The lowest BCUT2D eigenvalue weighted by molar-refractivity contribution is -0.0987. The summed E-state index contributed by atoms with van der Waals surface area (Å²) >= 11 is 2.85. The van der Waals surface area contributed by atoms with E-state index in [1.807, 2.05) is 20.8 Å². The maximum Gasteiger partial charge on any atom is 0.265 e. The molecule has 0 spiro atoms. The highest BCUT2D eigenvalue weighted by atomic mass is 79.9. The highest BCUT2D eigenvalue weighted by Gasteiger charge is 2.25.